The number of sulfonamides is 1. The van der Waals surface area contributed by atoms with Crippen LogP contribution < -0.4 is 14.4 Å². The first kappa shape index (κ1) is 30.2. The van der Waals surface area contributed by atoms with E-state index in [4.69, 9.17) is 0 Å². The van der Waals surface area contributed by atoms with Crippen molar-refractivity contribution in [3.05, 3.63) is 77.9 Å². The number of benzene rings is 3. The lowest BCUT2D eigenvalue weighted by molar-refractivity contribution is -0.274. The maximum Gasteiger partial charge on any atom is 0.573 e. The van der Waals surface area contributed by atoms with Gasteiger partial charge >= 0.3 is 6.36 Å². The number of amides is 1. The molecule has 4 rings (SSSR count). The third-order valence-electron chi connectivity index (χ3n) is 6.69. The van der Waals surface area contributed by atoms with Crippen LogP contribution in [0.1, 0.15) is 36.7 Å². The highest BCUT2D eigenvalue weighted by Crippen LogP contribution is 2.32. The van der Waals surface area contributed by atoms with Crippen molar-refractivity contribution in [3.8, 4) is 22.6 Å². The van der Waals surface area contributed by atoms with E-state index in [1.807, 2.05) is 0 Å². The van der Waals surface area contributed by atoms with Gasteiger partial charge in [-0.25, -0.2) is 13.1 Å². The maximum absolute atomic E-state index is 13.0. The molecule has 41 heavy (non-hydrogen) atoms. The minimum absolute atomic E-state index is 0.00548. The molecule has 2 N–H and O–H groups in total. The quantitative estimate of drug-likeness (QED) is 0.393. The second kappa shape index (κ2) is 11.6. The second-order valence-corrected chi connectivity index (χ2v) is 13.3. The van der Waals surface area contributed by atoms with Crippen molar-refractivity contribution in [1.29, 1.82) is 0 Å². The number of carbonyl (C=O) groups excluding carboxylic acids is 1. The molecule has 0 radical (unpaired) electrons. The van der Waals surface area contributed by atoms with Gasteiger partial charge in [-0.15, -0.1) is 13.2 Å². The molecule has 0 aliphatic carbocycles. The van der Waals surface area contributed by atoms with Gasteiger partial charge in [0.1, 0.15) is 11.5 Å². The summed E-state index contributed by atoms with van der Waals surface area (Å²) in [6.45, 7) is 7.47. The van der Waals surface area contributed by atoms with Crippen LogP contribution >= 0.6 is 0 Å². The molecule has 1 amide bonds. The summed E-state index contributed by atoms with van der Waals surface area (Å²) < 4.78 is 68.8. The molecule has 1 saturated heterocycles. The normalized spacial score (nSPS) is 15.0. The van der Waals surface area contributed by atoms with E-state index in [0.29, 0.717) is 49.4 Å². The van der Waals surface area contributed by atoms with Crippen molar-refractivity contribution in [2.45, 2.75) is 38.4 Å². The lowest BCUT2D eigenvalue weighted by Crippen LogP contribution is -2.46. The molecule has 12 heteroatoms. The lowest BCUT2D eigenvalue weighted by atomic mass is 10.0. The fourth-order valence-electron chi connectivity index (χ4n) is 4.38. The van der Waals surface area contributed by atoms with Gasteiger partial charge in [0.25, 0.3) is 5.91 Å². The van der Waals surface area contributed by atoms with Crippen LogP contribution in [0, 0.1) is 0 Å². The van der Waals surface area contributed by atoms with Gasteiger partial charge in [0, 0.05) is 44.0 Å². The fourth-order valence-corrected chi connectivity index (χ4v) is 5.04. The molecule has 0 unspecified atom stereocenters. The van der Waals surface area contributed by atoms with Crippen LogP contribution in [0.5, 0.6) is 11.5 Å². The summed E-state index contributed by atoms with van der Waals surface area (Å²) in [6.07, 6.45) is -4.84. The van der Waals surface area contributed by atoms with Crippen LogP contribution in [0.15, 0.2) is 66.7 Å². The third kappa shape index (κ3) is 7.92. The Morgan fingerprint density at radius 2 is 1.59 bits per heavy atom. The molecule has 0 saturated carbocycles. The van der Waals surface area contributed by atoms with Crippen LogP contribution in [0.3, 0.4) is 0 Å². The zero-order chi connectivity index (χ0) is 30.0. The molecule has 3 aromatic carbocycles. The van der Waals surface area contributed by atoms with E-state index in [1.54, 1.807) is 42.5 Å². The summed E-state index contributed by atoms with van der Waals surface area (Å²) in [6, 6.07) is 17.4. The van der Waals surface area contributed by atoms with Crippen molar-refractivity contribution in [2.24, 2.45) is 0 Å². The Balaban J connectivity index is 1.41. The van der Waals surface area contributed by atoms with Gasteiger partial charge in [0.05, 0.1) is 4.75 Å². The van der Waals surface area contributed by atoms with E-state index in [2.05, 4.69) is 19.3 Å². The SMILES string of the molecule is CC(C)(C)S(=O)(=O)NC(=O)c1ccc(N2CCN(Cc3cc(OC(F)(F)F)cc(-c4cccc(O)c4)c3)CC2)cc1. The molecule has 8 nitrogen and oxygen atoms in total. The van der Waals surface area contributed by atoms with Gasteiger partial charge in [0.2, 0.25) is 10.0 Å². The van der Waals surface area contributed by atoms with Crippen molar-refractivity contribution < 1.29 is 36.2 Å². The molecule has 1 fully saturated rings. The number of hydrogen-bond acceptors (Lipinski definition) is 7. The van der Waals surface area contributed by atoms with Gasteiger partial charge in [-0.05, 0) is 92.1 Å². The van der Waals surface area contributed by atoms with E-state index in [-0.39, 0.29) is 17.1 Å². The molecule has 0 aromatic heterocycles. The number of ether oxygens (including phenoxy) is 1. The molecule has 3 aromatic rings. The summed E-state index contributed by atoms with van der Waals surface area (Å²) in [5, 5.41) is 9.83. The first-order valence-electron chi connectivity index (χ1n) is 12.9. The van der Waals surface area contributed by atoms with Gasteiger partial charge in [-0.2, -0.15) is 0 Å². The minimum Gasteiger partial charge on any atom is -0.508 e. The topological polar surface area (TPSA) is 99.2 Å². The summed E-state index contributed by atoms with van der Waals surface area (Å²) in [7, 11) is -3.83. The van der Waals surface area contributed by atoms with E-state index >= 15 is 0 Å². The highest BCUT2D eigenvalue weighted by Gasteiger charge is 2.32. The largest absolute Gasteiger partial charge is 0.573 e. The van der Waals surface area contributed by atoms with Gasteiger partial charge < -0.3 is 14.7 Å². The Labute approximate surface area is 237 Å². The monoisotopic (exact) mass is 591 g/mol. The van der Waals surface area contributed by atoms with Crippen LogP contribution in [-0.4, -0.2) is 61.6 Å². The smallest absolute Gasteiger partial charge is 0.508 e. The standard InChI is InChI=1S/C29H32F3N3O5S/c1-28(2,3)41(38,39)33-27(37)21-7-9-24(10-8-21)35-13-11-34(12-14-35)19-20-15-23(22-5-4-6-25(36)17-22)18-26(16-20)40-29(30,31)32/h4-10,15-18,36H,11-14,19H2,1-3H3,(H,33,37). The van der Waals surface area contributed by atoms with E-state index in [1.165, 1.54) is 45.0 Å². The van der Waals surface area contributed by atoms with Crippen LogP contribution in [0.25, 0.3) is 11.1 Å². The molecule has 0 bridgehead atoms. The summed E-state index contributed by atoms with van der Waals surface area (Å²) in [5.41, 5.74) is 2.79. The third-order valence-corrected chi connectivity index (χ3v) is 8.75. The first-order chi connectivity index (χ1) is 19.1. The highest BCUT2D eigenvalue weighted by atomic mass is 32.2. The zero-order valence-corrected chi connectivity index (χ0v) is 23.7. The number of piperazine rings is 1. The van der Waals surface area contributed by atoms with Crippen molar-refractivity contribution in [1.82, 2.24) is 9.62 Å². The Bertz CT molecular complexity index is 1500. The molecular formula is C29H32F3N3O5S. The van der Waals surface area contributed by atoms with Crippen molar-refractivity contribution >= 4 is 21.6 Å². The highest BCUT2D eigenvalue weighted by molar-refractivity contribution is 7.91. The van der Waals surface area contributed by atoms with Crippen molar-refractivity contribution in [2.75, 3.05) is 31.1 Å². The number of hydrogen-bond donors (Lipinski definition) is 2. The predicted octanol–water partition coefficient (Wildman–Crippen LogP) is 5.14. The van der Waals surface area contributed by atoms with E-state index in [0.717, 1.165) is 5.69 Å². The van der Waals surface area contributed by atoms with Crippen LogP contribution in [0.2, 0.25) is 0 Å². The zero-order valence-electron chi connectivity index (χ0n) is 22.9. The Hall–Kier alpha value is -3.77. The predicted molar refractivity (Wildman–Crippen MR) is 150 cm³/mol. The lowest BCUT2D eigenvalue weighted by Gasteiger charge is -2.36. The first-order valence-corrected chi connectivity index (χ1v) is 14.4. The molecule has 1 aliphatic heterocycles. The van der Waals surface area contributed by atoms with Gasteiger partial charge in [-0.3, -0.25) is 9.69 Å². The number of rotatable bonds is 7. The van der Waals surface area contributed by atoms with Gasteiger partial charge in [-0.1, -0.05) is 12.1 Å². The molecule has 0 spiro atoms. The van der Waals surface area contributed by atoms with Gasteiger partial charge in [0.15, 0.2) is 0 Å². The number of halogens is 3. The van der Waals surface area contributed by atoms with E-state index < -0.39 is 27.0 Å². The number of anilines is 1. The van der Waals surface area contributed by atoms with Crippen LogP contribution in [-0.2, 0) is 16.6 Å². The number of nitrogens with one attached hydrogen (secondary N) is 1. The number of phenolic OH excluding ortho intramolecular Hbond substituents is 1. The molecule has 0 atom stereocenters. The summed E-state index contributed by atoms with van der Waals surface area (Å²) in [5.74, 6) is -1.02. The van der Waals surface area contributed by atoms with Crippen molar-refractivity contribution in [3.63, 3.8) is 0 Å². The average Bonchev–Trinajstić information content (AvgIpc) is 2.87. The summed E-state index contributed by atoms with van der Waals surface area (Å²) >= 11 is 0. The molecule has 1 aliphatic rings. The number of alkyl halides is 3. The molecule has 220 valence electrons. The maximum atomic E-state index is 13.0. The summed E-state index contributed by atoms with van der Waals surface area (Å²) in [4.78, 5) is 16.7. The average molecular weight is 592 g/mol. The Kier molecular flexibility index (Phi) is 8.55. The van der Waals surface area contributed by atoms with Crippen LogP contribution in [0.4, 0.5) is 18.9 Å². The molecule has 1 heterocycles. The Morgan fingerprint density at radius 3 is 2.17 bits per heavy atom. The molecular weight excluding hydrogens is 559 g/mol. The Morgan fingerprint density at radius 1 is 0.927 bits per heavy atom. The number of aromatic hydroxyl groups is 1. The number of nitrogens with zero attached hydrogens (tertiary/aromatic N) is 2. The minimum atomic E-state index is -4.84. The fraction of sp³-hybridized carbons (Fsp3) is 0.345. The van der Waals surface area contributed by atoms with E-state index in [9.17, 15) is 31.5 Å². The second-order valence-electron chi connectivity index (χ2n) is 10.8. The number of phenols is 1. The number of carbonyl (C=O) groups is 1.